The van der Waals surface area contributed by atoms with Gasteiger partial charge in [-0.3, -0.25) is 4.79 Å². The number of carbonyl (C=O) groups excluding carboxylic acids is 1. The molecule has 34 heavy (non-hydrogen) atoms. The molecular formula is C25H26F2N4O3. The third-order valence-electron chi connectivity index (χ3n) is 5.73. The monoisotopic (exact) mass is 468 g/mol. The normalized spacial score (nSPS) is 13.9. The molecule has 0 atom stereocenters. The highest BCUT2D eigenvalue weighted by Gasteiger charge is 2.16. The lowest BCUT2D eigenvalue weighted by Gasteiger charge is -2.17. The maximum atomic E-state index is 13.0. The van der Waals surface area contributed by atoms with E-state index in [0.29, 0.717) is 34.7 Å². The van der Waals surface area contributed by atoms with Gasteiger partial charge in [0.15, 0.2) is 0 Å². The van der Waals surface area contributed by atoms with Crippen molar-refractivity contribution < 1.29 is 23.4 Å². The molecule has 0 saturated carbocycles. The Morgan fingerprint density at radius 1 is 1.12 bits per heavy atom. The van der Waals surface area contributed by atoms with Crippen LogP contribution in [0.2, 0.25) is 0 Å². The number of aromatic nitrogens is 1. The first kappa shape index (κ1) is 23.4. The van der Waals surface area contributed by atoms with Gasteiger partial charge in [-0.05, 0) is 67.9 Å². The van der Waals surface area contributed by atoms with E-state index in [1.54, 1.807) is 36.4 Å². The number of anilines is 1. The van der Waals surface area contributed by atoms with Gasteiger partial charge in [-0.1, -0.05) is 18.2 Å². The van der Waals surface area contributed by atoms with E-state index in [2.05, 4.69) is 15.2 Å². The van der Waals surface area contributed by atoms with Gasteiger partial charge < -0.3 is 25.8 Å². The summed E-state index contributed by atoms with van der Waals surface area (Å²) in [5.41, 5.74) is 7.46. The molecule has 1 aromatic heterocycles. The number of hydrogen-bond donors (Lipinski definition) is 3. The molecule has 7 nitrogen and oxygen atoms in total. The first-order valence-corrected chi connectivity index (χ1v) is 11.1. The summed E-state index contributed by atoms with van der Waals surface area (Å²) in [5.74, 6) is -0.407. The van der Waals surface area contributed by atoms with Crippen molar-refractivity contribution in [3.63, 3.8) is 0 Å². The molecule has 0 spiro atoms. The molecule has 4 N–H and O–H groups in total. The van der Waals surface area contributed by atoms with Crippen LogP contribution in [-0.4, -0.2) is 53.7 Å². The zero-order chi connectivity index (χ0) is 24.1. The fourth-order valence-electron chi connectivity index (χ4n) is 4.07. The maximum Gasteiger partial charge on any atom is 0.387 e. The van der Waals surface area contributed by atoms with Crippen LogP contribution in [0.15, 0.2) is 54.6 Å². The first-order valence-electron chi connectivity index (χ1n) is 11.1. The standard InChI is InChI=1S/C25H26F2N4O3/c26-25(27)34-22-6-2-1-5-18(22)17-14-20(16-7-8-21(32)19(13-16)24(28)33)30-23(15-17)29-9-12-31-10-3-4-11-31/h1-2,5-8,13-15,25,32H,3-4,9-12H2,(H2,28,33)(H,29,30). The van der Waals surface area contributed by atoms with Crippen LogP contribution in [0.1, 0.15) is 23.2 Å². The van der Waals surface area contributed by atoms with Crippen LogP contribution in [0.25, 0.3) is 22.4 Å². The van der Waals surface area contributed by atoms with Gasteiger partial charge in [0.25, 0.3) is 5.91 Å². The average Bonchev–Trinajstić information content (AvgIpc) is 3.32. The van der Waals surface area contributed by atoms with Gasteiger partial charge in [0.05, 0.1) is 11.3 Å². The van der Waals surface area contributed by atoms with Gasteiger partial charge in [0.1, 0.15) is 17.3 Å². The van der Waals surface area contributed by atoms with E-state index in [0.717, 1.165) is 19.6 Å². The van der Waals surface area contributed by atoms with E-state index in [-0.39, 0.29) is 17.1 Å². The Labute approximate surface area is 196 Å². The minimum absolute atomic E-state index is 0.0327. The Hall–Kier alpha value is -3.72. The number of para-hydroxylation sites is 1. The summed E-state index contributed by atoms with van der Waals surface area (Å²) in [5, 5.41) is 13.3. The topological polar surface area (TPSA) is 101 Å². The van der Waals surface area contributed by atoms with E-state index in [1.807, 2.05) is 0 Å². The summed E-state index contributed by atoms with van der Waals surface area (Å²) < 4.78 is 30.7. The predicted octanol–water partition coefficient (Wildman–Crippen LogP) is 4.33. The first-order chi connectivity index (χ1) is 16.4. The molecule has 2 heterocycles. The van der Waals surface area contributed by atoms with E-state index < -0.39 is 12.5 Å². The van der Waals surface area contributed by atoms with E-state index >= 15 is 0 Å². The lowest BCUT2D eigenvalue weighted by Crippen LogP contribution is -2.26. The maximum absolute atomic E-state index is 13.0. The van der Waals surface area contributed by atoms with Crippen molar-refractivity contribution in [1.82, 2.24) is 9.88 Å². The number of likely N-dealkylation sites (tertiary alicyclic amines) is 1. The van der Waals surface area contributed by atoms with Gasteiger partial charge in [-0.25, -0.2) is 4.98 Å². The number of rotatable bonds is 9. The Morgan fingerprint density at radius 3 is 2.62 bits per heavy atom. The molecule has 4 rings (SSSR count). The number of nitrogens with two attached hydrogens (primary N) is 1. The SMILES string of the molecule is NC(=O)c1cc(-c2cc(-c3ccccc3OC(F)F)cc(NCCN3CCCC3)n2)ccc1O. The number of amides is 1. The number of halogens is 2. The molecule has 0 aliphatic carbocycles. The van der Waals surface area contributed by atoms with Crippen LogP contribution in [-0.2, 0) is 0 Å². The summed E-state index contributed by atoms with van der Waals surface area (Å²) in [6.45, 7) is 0.699. The second-order valence-corrected chi connectivity index (χ2v) is 8.07. The molecule has 3 aromatic rings. The number of nitrogens with one attached hydrogen (secondary N) is 1. The molecule has 1 amide bonds. The largest absolute Gasteiger partial charge is 0.507 e. The minimum Gasteiger partial charge on any atom is -0.507 e. The minimum atomic E-state index is -2.96. The molecule has 2 aromatic carbocycles. The molecule has 0 radical (unpaired) electrons. The summed E-state index contributed by atoms with van der Waals surface area (Å²) in [6.07, 6.45) is 2.39. The van der Waals surface area contributed by atoms with Gasteiger partial charge >= 0.3 is 6.61 Å². The second-order valence-electron chi connectivity index (χ2n) is 8.07. The third-order valence-corrected chi connectivity index (χ3v) is 5.73. The van der Waals surface area contributed by atoms with Crippen molar-refractivity contribution in [3.8, 4) is 33.9 Å². The van der Waals surface area contributed by atoms with Crippen molar-refractivity contribution in [2.24, 2.45) is 5.73 Å². The number of pyridine rings is 1. The van der Waals surface area contributed by atoms with Crippen LogP contribution in [0.5, 0.6) is 11.5 Å². The molecule has 1 fully saturated rings. The van der Waals surface area contributed by atoms with Crippen molar-refractivity contribution in [2.45, 2.75) is 19.5 Å². The van der Waals surface area contributed by atoms with Gasteiger partial charge in [-0.2, -0.15) is 8.78 Å². The second kappa shape index (κ2) is 10.5. The Morgan fingerprint density at radius 2 is 1.88 bits per heavy atom. The average molecular weight is 469 g/mol. The lowest BCUT2D eigenvalue weighted by molar-refractivity contribution is -0.0494. The molecular weight excluding hydrogens is 442 g/mol. The number of nitrogens with zero attached hydrogens (tertiary/aromatic N) is 2. The van der Waals surface area contributed by atoms with E-state index in [9.17, 15) is 18.7 Å². The smallest absolute Gasteiger partial charge is 0.387 e. The quantitative estimate of drug-likeness (QED) is 0.432. The molecule has 0 unspecified atom stereocenters. The highest BCUT2D eigenvalue weighted by Crippen LogP contribution is 2.35. The van der Waals surface area contributed by atoms with Crippen LogP contribution in [0, 0.1) is 0 Å². The predicted molar refractivity (Wildman–Crippen MR) is 126 cm³/mol. The number of primary amides is 1. The summed E-state index contributed by atoms with van der Waals surface area (Å²) in [4.78, 5) is 18.7. The van der Waals surface area contributed by atoms with Gasteiger partial charge in [0, 0.05) is 24.2 Å². The summed E-state index contributed by atoms with van der Waals surface area (Å²) in [7, 11) is 0. The molecule has 1 aliphatic heterocycles. The molecule has 0 bridgehead atoms. The molecule has 1 aliphatic rings. The number of carbonyl (C=O) groups is 1. The highest BCUT2D eigenvalue weighted by atomic mass is 19.3. The number of ether oxygens (including phenoxy) is 1. The zero-order valence-corrected chi connectivity index (χ0v) is 18.5. The van der Waals surface area contributed by atoms with Crippen LogP contribution < -0.4 is 15.8 Å². The molecule has 178 valence electrons. The number of benzene rings is 2. The number of hydrogen-bond acceptors (Lipinski definition) is 6. The van der Waals surface area contributed by atoms with Crippen molar-refractivity contribution in [1.29, 1.82) is 0 Å². The van der Waals surface area contributed by atoms with Crippen LogP contribution in [0.3, 0.4) is 0 Å². The summed E-state index contributed by atoms with van der Waals surface area (Å²) >= 11 is 0. The van der Waals surface area contributed by atoms with Gasteiger partial charge in [0.2, 0.25) is 0 Å². The third kappa shape index (κ3) is 5.60. The summed E-state index contributed by atoms with van der Waals surface area (Å²) in [6, 6.07) is 14.5. The van der Waals surface area contributed by atoms with E-state index in [1.165, 1.54) is 31.0 Å². The van der Waals surface area contributed by atoms with Gasteiger partial charge in [-0.15, -0.1) is 0 Å². The molecule has 9 heteroatoms. The van der Waals surface area contributed by atoms with Crippen molar-refractivity contribution in [3.05, 3.63) is 60.2 Å². The Bertz CT molecular complexity index is 1170. The van der Waals surface area contributed by atoms with Crippen LogP contribution in [0.4, 0.5) is 14.6 Å². The van der Waals surface area contributed by atoms with Crippen molar-refractivity contribution in [2.75, 3.05) is 31.5 Å². The zero-order valence-electron chi connectivity index (χ0n) is 18.5. The Kier molecular flexibility index (Phi) is 7.22. The number of phenols is 1. The fraction of sp³-hybridized carbons (Fsp3) is 0.280. The number of aromatic hydroxyl groups is 1. The number of alkyl halides is 2. The lowest BCUT2D eigenvalue weighted by atomic mass is 10.0. The molecule has 1 saturated heterocycles. The van der Waals surface area contributed by atoms with Crippen LogP contribution >= 0.6 is 0 Å². The fourth-order valence-corrected chi connectivity index (χ4v) is 4.07. The Balaban J connectivity index is 1.72. The van der Waals surface area contributed by atoms with Crippen molar-refractivity contribution >= 4 is 11.7 Å². The van der Waals surface area contributed by atoms with E-state index in [4.69, 9.17) is 10.5 Å². The highest BCUT2D eigenvalue weighted by molar-refractivity contribution is 5.97.